The largest absolute Gasteiger partial charge is 0.481 e. The predicted molar refractivity (Wildman–Crippen MR) is 143 cm³/mol. The van der Waals surface area contributed by atoms with Crippen molar-refractivity contribution in [3.63, 3.8) is 0 Å². The van der Waals surface area contributed by atoms with Gasteiger partial charge in [0.15, 0.2) is 6.61 Å². The van der Waals surface area contributed by atoms with Gasteiger partial charge in [-0.05, 0) is 119 Å². The number of carboxylic acids is 1. The maximum Gasteiger partial charge on any atom is 0.341 e. The fraction of sp³-hybridized carbons (Fsp3) is 0.379. The van der Waals surface area contributed by atoms with Gasteiger partial charge in [-0.25, -0.2) is 14.5 Å². The Hall–Kier alpha value is -3.46. The van der Waals surface area contributed by atoms with Gasteiger partial charge in [0.25, 0.3) is 11.8 Å². The molecule has 2 N–H and O–H groups in total. The summed E-state index contributed by atoms with van der Waals surface area (Å²) in [5, 5.41) is 11.1. The lowest BCUT2D eigenvalue weighted by Crippen LogP contribution is -2.54. The third-order valence-corrected chi connectivity index (χ3v) is 9.12. The number of ether oxygens (including phenoxy) is 1. The number of imide groups is 2. The van der Waals surface area contributed by atoms with Crippen molar-refractivity contribution >= 4 is 51.5 Å². The van der Waals surface area contributed by atoms with Gasteiger partial charge in [-0.1, -0.05) is 18.2 Å². The zero-order chi connectivity index (χ0) is 26.6. The van der Waals surface area contributed by atoms with Crippen molar-refractivity contribution in [1.82, 2.24) is 5.32 Å². The first-order valence-corrected chi connectivity index (χ1v) is 13.7. The van der Waals surface area contributed by atoms with Crippen LogP contribution in [0.15, 0.2) is 52.5 Å². The average molecular weight is 579 g/mol. The summed E-state index contributed by atoms with van der Waals surface area (Å²) in [7, 11) is 0. The van der Waals surface area contributed by atoms with Crippen molar-refractivity contribution in [2.45, 2.75) is 43.9 Å². The summed E-state index contributed by atoms with van der Waals surface area (Å²) >= 11 is 3.32. The van der Waals surface area contributed by atoms with Gasteiger partial charge in [0.1, 0.15) is 11.3 Å². The predicted octanol–water partition coefficient (Wildman–Crippen LogP) is 5.05. The molecule has 196 valence electrons. The molecule has 0 unspecified atom stereocenters. The Bertz CT molecular complexity index is 1350. The van der Waals surface area contributed by atoms with Crippen LogP contribution in [0.2, 0.25) is 0 Å². The van der Waals surface area contributed by atoms with Gasteiger partial charge in [-0.15, -0.1) is 0 Å². The number of carbonyl (C=O) groups is 4. The van der Waals surface area contributed by atoms with Crippen LogP contribution >= 0.6 is 15.9 Å². The molecule has 4 aliphatic carbocycles. The van der Waals surface area contributed by atoms with Crippen LogP contribution < -0.4 is 15.0 Å². The zero-order valence-corrected chi connectivity index (χ0v) is 22.2. The summed E-state index contributed by atoms with van der Waals surface area (Å²) in [6, 6.07) is 11.7. The highest BCUT2D eigenvalue weighted by Crippen LogP contribution is 2.60. The molecule has 8 nitrogen and oxygen atoms in total. The van der Waals surface area contributed by atoms with Crippen molar-refractivity contribution < 1.29 is 29.0 Å². The molecular formula is C29H27BrN2O6. The number of amides is 4. The van der Waals surface area contributed by atoms with E-state index in [4.69, 9.17) is 9.84 Å². The molecule has 4 saturated carbocycles. The van der Waals surface area contributed by atoms with Crippen molar-refractivity contribution in [2.24, 2.45) is 17.8 Å². The van der Waals surface area contributed by atoms with Gasteiger partial charge in [0.05, 0.1) is 10.2 Å². The summed E-state index contributed by atoms with van der Waals surface area (Å²) in [4.78, 5) is 50.4. The summed E-state index contributed by atoms with van der Waals surface area (Å²) in [5.41, 5.74) is 2.23. The van der Waals surface area contributed by atoms with Crippen LogP contribution in [-0.4, -0.2) is 35.5 Å². The van der Waals surface area contributed by atoms with Gasteiger partial charge in [0.2, 0.25) is 0 Å². The van der Waals surface area contributed by atoms with Gasteiger partial charge in [-0.2, -0.15) is 0 Å². The summed E-state index contributed by atoms with van der Waals surface area (Å²) in [5.74, 6) is 0.159. The Kier molecular flexibility index (Phi) is 6.13. The highest BCUT2D eigenvalue weighted by Gasteiger charge is 2.51. The molecule has 38 heavy (non-hydrogen) atoms. The molecule has 4 amide bonds. The molecule has 1 heterocycles. The zero-order valence-electron chi connectivity index (χ0n) is 20.6. The fourth-order valence-electron chi connectivity index (χ4n) is 7.35. The summed E-state index contributed by atoms with van der Waals surface area (Å²) in [6.07, 6.45) is 9.13. The van der Waals surface area contributed by atoms with Gasteiger partial charge >= 0.3 is 12.0 Å². The number of rotatable bonds is 6. The van der Waals surface area contributed by atoms with Crippen LogP contribution in [0.4, 0.5) is 10.5 Å². The number of halogens is 1. The summed E-state index contributed by atoms with van der Waals surface area (Å²) in [6.45, 7) is -0.501. The third kappa shape index (κ3) is 4.42. The lowest BCUT2D eigenvalue weighted by atomic mass is 9.48. The highest BCUT2D eigenvalue weighted by molar-refractivity contribution is 9.10. The lowest BCUT2D eigenvalue weighted by Gasteiger charge is -2.57. The normalized spacial score (nSPS) is 29.1. The molecule has 1 saturated heterocycles. The van der Waals surface area contributed by atoms with Crippen LogP contribution in [0, 0.1) is 17.8 Å². The maximum atomic E-state index is 13.4. The number of benzene rings is 2. The second-order valence-corrected chi connectivity index (χ2v) is 11.9. The van der Waals surface area contributed by atoms with E-state index in [1.54, 1.807) is 12.1 Å². The van der Waals surface area contributed by atoms with E-state index in [0.717, 1.165) is 22.7 Å². The summed E-state index contributed by atoms with van der Waals surface area (Å²) < 4.78 is 5.66. The quantitative estimate of drug-likeness (QED) is 0.366. The van der Waals surface area contributed by atoms with Crippen LogP contribution in [0.5, 0.6) is 5.75 Å². The Morgan fingerprint density at radius 1 is 1.03 bits per heavy atom. The minimum absolute atomic E-state index is 0.180. The number of aliphatic carboxylic acids is 1. The number of urea groups is 1. The van der Waals surface area contributed by atoms with Crippen LogP contribution in [0.3, 0.4) is 0 Å². The van der Waals surface area contributed by atoms with Crippen LogP contribution in [-0.2, 0) is 19.8 Å². The highest BCUT2D eigenvalue weighted by atomic mass is 79.9. The number of hydrogen-bond donors (Lipinski definition) is 2. The minimum Gasteiger partial charge on any atom is -0.481 e. The topological polar surface area (TPSA) is 113 Å². The minimum atomic E-state index is -1.11. The second-order valence-electron chi connectivity index (χ2n) is 11.1. The van der Waals surface area contributed by atoms with Crippen LogP contribution in [0.25, 0.3) is 6.08 Å². The second kappa shape index (κ2) is 9.38. The van der Waals surface area contributed by atoms with Crippen molar-refractivity contribution in [2.75, 3.05) is 11.5 Å². The fourth-order valence-corrected chi connectivity index (χ4v) is 7.86. The Morgan fingerprint density at radius 2 is 1.66 bits per heavy atom. The monoisotopic (exact) mass is 578 g/mol. The Morgan fingerprint density at radius 3 is 2.24 bits per heavy atom. The molecule has 5 fully saturated rings. The van der Waals surface area contributed by atoms with E-state index in [1.807, 2.05) is 12.1 Å². The van der Waals surface area contributed by atoms with Crippen molar-refractivity contribution in [3.05, 3.63) is 63.6 Å². The molecule has 1 aliphatic heterocycles. The van der Waals surface area contributed by atoms with Gasteiger partial charge in [-0.3, -0.25) is 14.9 Å². The van der Waals surface area contributed by atoms with E-state index in [2.05, 4.69) is 33.4 Å². The first-order valence-electron chi connectivity index (χ1n) is 12.9. The average Bonchev–Trinajstić information content (AvgIpc) is 2.85. The first-order chi connectivity index (χ1) is 18.2. The smallest absolute Gasteiger partial charge is 0.341 e. The standard InChI is InChI=1S/C29H27BrN2O6/c30-23-11-16(1-6-24(23)38-15-25(33)34)10-22-26(35)31-28(37)32(27(22)36)21-4-2-20(3-5-21)29-12-17-7-18(13-29)9-19(8-17)14-29/h1-6,10-11,17-19H,7-9,12-15H2,(H,33,34)(H,31,35,37)/b22-10+. The molecule has 0 spiro atoms. The number of anilines is 1. The molecule has 5 aliphatic rings. The van der Waals surface area contributed by atoms with E-state index in [9.17, 15) is 19.2 Å². The number of carbonyl (C=O) groups excluding carboxylic acids is 3. The SMILES string of the molecule is O=C(O)COc1ccc(/C=C2\C(=O)NC(=O)N(c3ccc(C45CC6CC(CC(C6)C4)C5)cc3)C2=O)cc1Br. The molecule has 4 bridgehead atoms. The molecule has 2 aromatic carbocycles. The number of hydrogen-bond acceptors (Lipinski definition) is 5. The molecule has 2 aromatic rings. The number of nitrogens with one attached hydrogen (secondary N) is 1. The molecule has 0 radical (unpaired) electrons. The Balaban J connectivity index is 1.24. The van der Waals surface area contributed by atoms with Crippen LogP contribution in [0.1, 0.15) is 49.7 Å². The number of nitrogens with zero attached hydrogens (tertiary/aromatic N) is 1. The van der Waals surface area contributed by atoms with E-state index in [-0.39, 0.29) is 11.0 Å². The van der Waals surface area contributed by atoms with E-state index >= 15 is 0 Å². The first kappa shape index (κ1) is 24.9. The van der Waals surface area contributed by atoms with E-state index < -0.39 is 30.4 Å². The molecule has 9 heteroatoms. The molecule has 0 atom stereocenters. The lowest BCUT2D eigenvalue weighted by molar-refractivity contribution is -0.139. The number of barbiturate groups is 1. The molecule has 7 rings (SSSR count). The van der Waals surface area contributed by atoms with Gasteiger partial charge in [0, 0.05) is 0 Å². The van der Waals surface area contributed by atoms with Crippen molar-refractivity contribution in [3.8, 4) is 5.75 Å². The molecule has 0 aromatic heterocycles. The Labute approximate surface area is 228 Å². The number of carboxylic acid groups (broad SMARTS) is 1. The van der Waals surface area contributed by atoms with Crippen molar-refractivity contribution in [1.29, 1.82) is 0 Å². The van der Waals surface area contributed by atoms with Gasteiger partial charge < -0.3 is 9.84 Å². The van der Waals surface area contributed by atoms with E-state index in [1.165, 1.54) is 56.2 Å². The molecular weight excluding hydrogens is 552 g/mol. The maximum absolute atomic E-state index is 13.4. The third-order valence-electron chi connectivity index (χ3n) is 8.50. The van der Waals surface area contributed by atoms with E-state index in [0.29, 0.717) is 21.5 Å².